The fourth-order valence-electron chi connectivity index (χ4n) is 1.97. The maximum absolute atomic E-state index is 11.0. The number of carbonyl (C=O) groups excluding carboxylic acids is 1. The van der Waals surface area contributed by atoms with Crippen molar-refractivity contribution in [2.75, 3.05) is 25.0 Å². The summed E-state index contributed by atoms with van der Waals surface area (Å²) in [5, 5.41) is 9.36. The fraction of sp³-hybridized carbons (Fsp3) is 0.529. The average Bonchev–Trinajstić information content (AvgIpc) is 2.49. The van der Waals surface area contributed by atoms with Crippen molar-refractivity contribution in [2.24, 2.45) is 4.99 Å². The summed E-state index contributed by atoms with van der Waals surface area (Å²) >= 11 is 0. The summed E-state index contributed by atoms with van der Waals surface area (Å²) in [4.78, 5) is 15.5. The van der Waals surface area contributed by atoms with Crippen LogP contribution >= 0.6 is 24.0 Å². The van der Waals surface area contributed by atoms with E-state index < -0.39 is 0 Å². The average molecular weight is 432 g/mol. The number of carbonyl (C=O) groups is 1. The molecule has 0 fully saturated rings. The van der Waals surface area contributed by atoms with Crippen LogP contribution in [0.5, 0.6) is 0 Å². The fourth-order valence-corrected chi connectivity index (χ4v) is 1.97. The number of benzene rings is 1. The van der Waals surface area contributed by atoms with Crippen LogP contribution in [0.25, 0.3) is 0 Å². The molecule has 0 spiro atoms. The van der Waals surface area contributed by atoms with Crippen molar-refractivity contribution < 1.29 is 4.79 Å². The monoisotopic (exact) mass is 432 g/mol. The lowest BCUT2D eigenvalue weighted by atomic mass is 10.1. The van der Waals surface area contributed by atoms with Crippen LogP contribution < -0.4 is 16.0 Å². The maximum atomic E-state index is 11.0. The summed E-state index contributed by atoms with van der Waals surface area (Å²) in [5.74, 6) is 0.832. The van der Waals surface area contributed by atoms with Gasteiger partial charge in [-0.05, 0) is 37.5 Å². The molecule has 0 radical (unpaired) electrons. The zero-order chi connectivity index (χ0) is 16.2. The summed E-state index contributed by atoms with van der Waals surface area (Å²) in [5.41, 5.74) is 2.06. The van der Waals surface area contributed by atoms with Crippen LogP contribution in [0.1, 0.15) is 39.2 Å². The topological polar surface area (TPSA) is 65.5 Å². The zero-order valence-electron chi connectivity index (χ0n) is 14.3. The normalized spacial score (nSPS) is 10.7. The van der Waals surface area contributed by atoms with Crippen molar-refractivity contribution in [1.29, 1.82) is 0 Å². The number of amides is 1. The van der Waals surface area contributed by atoms with E-state index in [1.54, 1.807) is 0 Å². The van der Waals surface area contributed by atoms with Gasteiger partial charge in [0.25, 0.3) is 0 Å². The first-order chi connectivity index (χ1) is 10.7. The summed E-state index contributed by atoms with van der Waals surface area (Å²) in [6.07, 6.45) is 3.18. The van der Waals surface area contributed by atoms with Gasteiger partial charge in [-0.25, -0.2) is 0 Å². The van der Waals surface area contributed by atoms with Gasteiger partial charge in [-0.3, -0.25) is 9.79 Å². The van der Waals surface area contributed by atoms with E-state index in [1.807, 2.05) is 24.3 Å². The second-order valence-electron chi connectivity index (χ2n) is 5.17. The molecule has 5 nitrogen and oxygen atoms in total. The summed E-state index contributed by atoms with van der Waals surface area (Å²) in [7, 11) is 0. The van der Waals surface area contributed by atoms with Gasteiger partial charge in [-0.2, -0.15) is 0 Å². The third kappa shape index (κ3) is 10.1. The van der Waals surface area contributed by atoms with Gasteiger partial charge in [-0.15, -0.1) is 24.0 Å². The molecule has 0 saturated heterocycles. The van der Waals surface area contributed by atoms with Crippen LogP contribution in [0, 0.1) is 0 Å². The highest BCUT2D eigenvalue weighted by atomic mass is 127. The second-order valence-corrected chi connectivity index (χ2v) is 5.17. The van der Waals surface area contributed by atoms with E-state index in [1.165, 1.54) is 12.5 Å². The van der Waals surface area contributed by atoms with Crippen molar-refractivity contribution in [3.05, 3.63) is 29.8 Å². The number of aliphatic imine (C=N–C) groups is 1. The highest BCUT2D eigenvalue weighted by Crippen LogP contribution is 2.09. The van der Waals surface area contributed by atoms with Gasteiger partial charge in [0.05, 0.1) is 0 Å². The Morgan fingerprint density at radius 3 is 2.39 bits per heavy atom. The molecule has 1 aromatic carbocycles. The minimum Gasteiger partial charge on any atom is -0.357 e. The number of guanidine groups is 1. The van der Waals surface area contributed by atoms with Crippen molar-refractivity contribution in [2.45, 2.75) is 40.0 Å². The third-order valence-electron chi connectivity index (χ3n) is 3.11. The first kappa shape index (κ1) is 21.7. The van der Waals surface area contributed by atoms with Gasteiger partial charge in [0.1, 0.15) is 0 Å². The molecule has 1 rings (SSSR count). The van der Waals surface area contributed by atoms with E-state index in [2.05, 4.69) is 34.8 Å². The lowest BCUT2D eigenvalue weighted by Crippen LogP contribution is -2.38. The molecule has 0 saturated carbocycles. The molecule has 0 atom stereocenters. The molecular formula is C17H29IN4O. The smallest absolute Gasteiger partial charge is 0.221 e. The number of nitrogens with one attached hydrogen (secondary N) is 3. The van der Waals surface area contributed by atoms with Gasteiger partial charge in [0, 0.05) is 32.2 Å². The Labute approximate surface area is 156 Å². The minimum atomic E-state index is -0.0482. The van der Waals surface area contributed by atoms with E-state index in [9.17, 15) is 4.79 Å². The highest BCUT2D eigenvalue weighted by molar-refractivity contribution is 14.0. The SMILES string of the molecule is CCCCN=C(NCC)NCCc1ccc(NC(C)=O)cc1.I. The standard InChI is InChI=1S/C17H28N4O.HI/c1-4-6-12-19-17(18-5-2)20-13-11-15-7-9-16(10-8-15)21-14(3)22;/h7-10H,4-6,11-13H2,1-3H3,(H,21,22)(H2,18,19,20);1H. The van der Waals surface area contributed by atoms with E-state index in [4.69, 9.17) is 0 Å². The summed E-state index contributed by atoms with van der Waals surface area (Å²) in [6, 6.07) is 7.93. The van der Waals surface area contributed by atoms with Crippen LogP contribution in [0.4, 0.5) is 5.69 Å². The van der Waals surface area contributed by atoms with E-state index in [-0.39, 0.29) is 29.9 Å². The first-order valence-electron chi connectivity index (χ1n) is 8.04. The van der Waals surface area contributed by atoms with Crippen molar-refractivity contribution in [3.8, 4) is 0 Å². The number of nitrogens with zero attached hydrogens (tertiary/aromatic N) is 1. The number of rotatable bonds is 8. The number of halogens is 1. The predicted molar refractivity (Wildman–Crippen MR) is 109 cm³/mol. The quantitative estimate of drug-likeness (QED) is 0.256. The van der Waals surface area contributed by atoms with Crippen LogP contribution in [-0.4, -0.2) is 31.5 Å². The third-order valence-corrected chi connectivity index (χ3v) is 3.11. The molecule has 0 heterocycles. The Morgan fingerprint density at radius 2 is 1.83 bits per heavy atom. The molecule has 1 amide bonds. The molecule has 0 aliphatic rings. The Bertz CT molecular complexity index is 474. The van der Waals surface area contributed by atoms with Gasteiger partial charge >= 0.3 is 0 Å². The van der Waals surface area contributed by atoms with Crippen LogP contribution in [0.3, 0.4) is 0 Å². The Hall–Kier alpha value is -1.31. The number of hydrogen-bond acceptors (Lipinski definition) is 2. The number of hydrogen-bond donors (Lipinski definition) is 3. The largest absolute Gasteiger partial charge is 0.357 e. The van der Waals surface area contributed by atoms with Gasteiger partial charge in [0.15, 0.2) is 5.96 Å². The molecular weight excluding hydrogens is 403 g/mol. The van der Waals surface area contributed by atoms with E-state index in [0.29, 0.717) is 0 Å². The second kappa shape index (κ2) is 13.2. The van der Waals surface area contributed by atoms with Gasteiger partial charge in [-0.1, -0.05) is 25.5 Å². The molecule has 1 aromatic rings. The molecule has 0 bridgehead atoms. The summed E-state index contributed by atoms with van der Waals surface area (Å²) in [6.45, 7) is 8.30. The van der Waals surface area contributed by atoms with Crippen molar-refractivity contribution in [1.82, 2.24) is 10.6 Å². The molecule has 0 aromatic heterocycles. The van der Waals surface area contributed by atoms with E-state index in [0.717, 1.165) is 50.5 Å². The molecule has 0 aliphatic carbocycles. The van der Waals surface area contributed by atoms with Crippen molar-refractivity contribution >= 4 is 41.5 Å². The molecule has 23 heavy (non-hydrogen) atoms. The zero-order valence-corrected chi connectivity index (χ0v) is 16.6. The Morgan fingerprint density at radius 1 is 1.13 bits per heavy atom. The molecule has 6 heteroatoms. The number of unbranched alkanes of at least 4 members (excludes halogenated alkanes) is 1. The lowest BCUT2D eigenvalue weighted by molar-refractivity contribution is -0.114. The first-order valence-corrected chi connectivity index (χ1v) is 8.04. The molecule has 3 N–H and O–H groups in total. The van der Waals surface area contributed by atoms with Crippen LogP contribution in [0.15, 0.2) is 29.3 Å². The van der Waals surface area contributed by atoms with Crippen LogP contribution in [0.2, 0.25) is 0 Å². The van der Waals surface area contributed by atoms with Crippen LogP contribution in [-0.2, 0) is 11.2 Å². The summed E-state index contributed by atoms with van der Waals surface area (Å²) < 4.78 is 0. The number of anilines is 1. The highest BCUT2D eigenvalue weighted by Gasteiger charge is 1.99. The van der Waals surface area contributed by atoms with E-state index >= 15 is 0 Å². The predicted octanol–water partition coefficient (Wildman–Crippen LogP) is 3.16. The Balaban J connectivity index is 0.00000484. The van der Waals surface area contributed by atoms with Gasteiger partial charge in [0.2, 0.25) is 5.91 Å². The lowest BCUT2D eigenvalue weighted by Gasteiger charge is -2.11. The minimum absolute atomic E-state index is 0. The molecule has 130 valence electrons. The molecule has 0 unspecified atom stereocenters. The molecule has 0 aliphatic heterocycles. The van der Waals surface area contributed by atoms with Crippen molar-refractivity contribution in [3.63, 3.8) is 0 Å². The Kier molecular flexibility index (Phi) is 12.4. The maximum Gasteiger partial charge on any atom is 0.221 e. The van der Waals surface area contributed by atoms with Gasteiger partial charge < -0.3 is 16.0 Å².